The number of ether oxygens (including phenoxy) is 4. The number of amides is 4. The maximum Gasteiger partial charge on any atom is 0.410 e. The van der Waals surface area contributed by atoms with E-state index in [2.05, 4.69) is 159 Å². The van der Waals surface area contributed by atoms with Gasteiger partial charge in [0, 0.05) is 54.7 Å². The second-order valence-electron chi connectivity index (χ2n) is 26.5. The average Bonchev–Trinajstić information content (AvgIpc) is 1.68. The zero-order valence-corrected chi connectivity index (χ0v) is 77.2. The summed E-state index contributed by atoms with van der Waals surface area (Å²) in [6, 6.07) is 12.0. The van der Waals surface area contributed by atoms with Gasteiger partial charge in [0.25, 0.3) is 0 Å². The van der Waals surface area contributed by atoms with Crippen molar-refractivity contribution >= 4 is 182 Å². The van der Waals surface area contributed by atoms with Gasteiger partial charge in [0.1, 0.15) is 22.4 Å². The number of alkyl carbamates (subject to hydrolysis) is 1. The molecule has 0 aliphatic heterocycles. The molecule has 30 heteroatoms. The van der Waals surface area contributed by atoms with Gasteiger partial charge >= 0.3 is 126 Å². The second-order valence-corrected chi connectivity index (χ2v) is 49.5. The first-order chi connectivity index (χ1) is 46.1. The molecule has 6 aromatic heterocycles. The zero-order valence-electron chi connectivity index (χ0n) is 63.1. The fraction of sp³-hybridized carbons (Fsp3) is 0.623. The number of hydrogen-bond donors (Lipinski definition) is 2. The number of aromatic nitrogens is 6. The Bertz CT molecular complexity index is 3130. The minimum Gasteiger partial charge on any atom is -0.444 e. The van der Waals surface area contributed by atoms with Crippen molar-refractivity contribution in [3.05, 3.63) is 114 Å². The van der Waals surface area contributed by atoms with Crippen LogP contribution in [0.5, 0.6) is 0 Å². The minimum absolute atomic E-state index is 0.316. The molecule has 562 valence electrons. The van der Waals surface area contributed by atoms with E-state index in [4.69, 9.17) is 18.9 Å². The first-order valence-corrected chi connectivity index (χ1v) is 48.8. The Labute approximate surface area is 657 Å². The van der Waals surface area contributed by atoms with Gasteiger partial charge < -0.3 is 44.3 Å². The van der Waals surface area contributed by atoms with Crippen LogP contribution in [-0.4, -0.2) is 141 Å². The predicted octanol–water partition coefficient (Wildman–Crippen LogP) is 22.6. The summed E-state index contributed by atoms with van der Waals surface area (Å²) in [4.78, 5) is 53.7. The van der Waals surface area contributed by atoms with E-state index in [1.807, 2.05) is 127 Å². The van der Waals surface area contributed by atoms with Gasteiger partial charge in [-0.05, 0) is 263 Å². The van der Waals surface area contributed by atoms with Gasteiger partial charge in [-0.1, -0.05) is 42.4 Å². The van der Waals surface area contributed by atoms with E-state index < -0.39 is 35.2 Å². The summed E-state index contributed by atoms with van der Waals surface area (Å²) >= 11 is 20.1. The summed E-state index contributed by atoms with van der Waals surface area (Å²) < 4.78 is 55.9. The van der Waals surface area contributed by atoms with Crippen LogP contribution in [0.15, 0.2) is 65.0 Å². The predicted molar refractivity (Wildman–Crippen MR) is 438 cm³/mol. The molecule has 6 rings (SSSR count). The fourth-order valence-electron chi connectivity index (χ4n) is 7.46. The van der Waals surface area contributed by atoms with Gasteiger partial charge in [0.05, 0.1) is 65.2 Å². The van der Waals surface area contributed by atoms with E-state index in [-0.39, 0.29) is 30.0 Å². The molecule has 6 aromatic rings. The standard InChI is InChI=1S/C12H20N2O2S.C12H18N2O2S.C10H15BrN2O2S.C7H12N2S.C6H13NO2.C4H3Br2NS.C4H4BrNS.3C4H9.C2H3.Sn/c2*1-6-10-7-9(13-17-10)8-14(5)11(15)16-12(2,3)4;1-10(2,3)15-9(14)13(4)6-7-5-8(11)16-12-7;1-3-7-4-6(5-8-2)9-10-7;1-6(2,3)9-5(8)7-4;5-2-3-1-4(6)8-7-3;1-3-2-4(5)7-6-3;3*1-3-4-2;1-2;/h7H,6,8H2,1-5H3;6-7H,1,8H2,2-5H3;5H,6H2,1-4H3;4,8H,3,5H2,1-2H3;1-4H3,(H,7,8);1H,2H2;2H,1H3;3*1,3-4H2,2H3;1H,2H2;. The Morgan fingerprint density at radius 1 is 0.505 bits per heavy atom. The van der Waals surface area contributed by atoms with Crippen LogP contribution in [0, 0.1) is 6.92 Å². The van der Waals surface area contributed by atoms with E-state index in [1.54, 1.807) is 57.0 Å². The molecular weight excluding hydrogens is 1740 g/mol. The van der Waals surface area contributed by atoms with E-state index in [1.165, 1.54) is 123 Å². The SMILES string of the molecule is BrCc1cc(Br)sn1.C=Cc1cc(CN(C)C(=O)OC(C)(C)C)ns1.C=[CH][Sn]([CH2]CCC)([CH2]CCC)[CH2]CCC.CCc1cc(CN(C)C(=O)OC(C)(C)C)ns1.CCc1cc(CNC)ns1.CN(Cc1cc(Br)sn1)C(=O)OC(C)(C)C.CNC(=O)OC(C)(C)C.Cc1cc(Br)sn1. The molecule has 0 aliphatic carbocycles. The van der Waals surface area contributed by atoms with Crippen molar-refractivity contribution in [3.8, 4) is 0 Å². The van der Waals surface area contributed by atoms with Crippen molar-refractivity contribution in [3.63, 3.8) is 0 Å². The van der Waals surface area contributed by atoms with E-state index in [9.17, 15) is 19.2 Å². The Hall–Kier alpha value is -2.98. The van der Waals surface area contributed by atoms with Crippen molar-refractivity contribution in [1.29, 1.82) is 0 Å². The third-order valence-electron chi connectivity index (χ3n) is 12.3. The quantitative estimate of drug-likeness (QED) is 0.0367. The van der Waals surface area contributed by atoms with Crippen LogP contribution in [0.4, 0.5) is 19.2 Å². The molecule has 0 aliphatic rings. The number of hydrogen-bond acceptors (Lipinski definition) is 21. The second kappa shape index (κ2) is 52.9. The maximum atomic E-state index is 11.7. The van der Waals surface area contributed by atoms with E-state index in [0.717, 1.165) is 75.1 Å². The molecule has 0 bridgehead atoms. The van der Waals surface area contributed by atoms with Crippen LogP contribution in [0.25, 0.3) is 6.08 Å². The summed E-state index contributed by atoms with van der Waals surface area (Å²) in [6.07, 6.45) is 10.9. The average molecular weight is 1860 g/mol. The summed E-state index contributed by atoms with van der Waals surface area (Å²) in [5, 5.41) is 6.27. The number of carbonyl (C=O) groups is 4. The molecule has 0 fully saturated rings. The van der Waals surface area contributed by atoms with Crippen molar-refractivity contribution in [2.24, 2.45) is 0 Å². The monoisotopic (exact) mass is 1850 g/mol. The van der Waals surface area contributed by atoms with Gasteiger partial charge in [0.15, 0.2) is 0 Å². The van der Waals surface area contributed by atoms with Crippen LogP contribution in [-0.2, 0) is 63.3 Å². The van der Waals surface area contributed by atoms with Crippen LogP contribution in [0.2, 0.25) is 13.3 Å². The number of aryl methyl sites for hydroxylation is 3. The summed E-state index contributed by atoms with van der Waals surface area (Å²) in [7, 11) is 8.58. The zero-order chi connectivity index (χ0) is 76.2. The first-order valence-electron chi connectivity index (χ1n) is 32.9. The number of nitrogens with zero attached hydrogens (tertiary/aromatic N) is 9. The molecule has 0 atom stereocenters. The summed E-state index contributed by atoms with van der Waals surface area (Å²) in [5.74, 6) is 0. The topological polar surface area (TPSA) is 216 Å². The number of unbranched alkanes of at least 4 members (excludes halogenated alkanes) is 3. The van der Waals surface area contributed by atoms with Crippen molar-refractivity contribution in [2.75, 3.05) is 35.2 Å². The Morgan fingerprint density at radius 3 is 1.10 bits per heavy atom. The molecule has 0 saturated heterocycles. The normalized spacial score (nSPS) is 10.9. The van der Waals surface area contributed by atoms with Crippen LogP contribution in [0.1, 0.15) is 205 Å². The molecule has 0 radical (unpaired) electrons. The Balaban J connectivity index is 0. The fourth-order valence-corrected chi connectivity index (χ4v) is 25.8. The summed E-state index contributed by atoms with van der Waals surface area (Å²) in [6.45, 7) is 45.4. The van der Waals surface area contributed by atoms with Crippen molar-refractivity contribution in [1.82, 2.24) is 51.6 Å². The van der Waals surface area contributed by atoms with Crippen LogP contribution in [0.3, 0.4) is 0 Å². The summed E-state index contributed by atoms with van der Waals surface area (Å²) in [5.41, 5.74) is 4.15. The minimum atomic E-state index is -1.85. The largest absolute Gasteiger partial charge is 0.444 e. The van der Waals surface area contributed by atoms with Crippen LogP contribution >= 0.6 is 133 Å². The molecule has 99 heavy (non-hydrogen) atoms. The smallest absolute Gasteiger partial charge is 0.410 e. The molecule has 0 aromatic carbocycles. The van der Waals surface area contributed by atoms with Crippen LogP contribution < -0.4 is 10.6 Å². The van der Waals surface area contributed by atoms with Gasteiger partial charge in [-0.15, -0.1) is 0 Å². The van der Waals surface area contributed by atoms with Gasteiger partial charge in [-0.2, -0.15) is 26.2 Å². The molecule has 0 unspecified atom stereocenters. The molecule has 6 heterocycles. The number of halogens is 4. The molecule has 0 spiro atoms. The molecule has 19 nitrogen and oxygen atoms in total. The maximum absolute atomic E-state index is 11.7. The van der Waals surface area contributed by atoms with Gasteiger partial charge in [-0.25, -0.2) is 19.2 Å². The number of rotatable bonds is 22. The van der Waals surface area contributed by atoms with E-state index >= 15 is 0 Å². The molecule has 4 amide bonds. The van der Waals surface area contributed by atoms with Gasteiger partial charge in [-0.3, -0.25) is 0 Å². The third kappa shape index (κ3) is 51.8. The van der Waals surface area contributed by atoms with E-state index in [0.29, 0.717) is 19.6 Å². The number of carbonyl (C=O) groups excluding carboxylic acids is 4. The number of alkyl halides is 1. The van der Waals surface area contributed by atoms with Crippen molar-refractivity contribution in [2.45, 2.75) is 243 Å². The molecule has 2 N–H and O–H groups in total. The molecule has 0 saturated carbocycles. The third-order valence-corrected chi connectivity index (χ3v) is 33.5. The Morgan fingerprint density at radius 2 is 0.848 bits per heavy atom. The molecular formula is C69H115Br4N11O8S6Sn. The number of nitrogens with one attached hydrogen (secondary N) is 2. The Kier molecular flexibility index (Phi) is 52.4. The first kappa shape index (κ1) is 98.1. The van der Waals surface area contributed by atoms with Gasteiger partial charge in [0.2, 0.25) is 0 Å². The van der Waals surface area contributed by atoms with Crippen molar-refractivity contribution < 1.29 is 38.1 Å².